The second kappa shape index (κ2) is 10.8. The van der Waals surface area contributed by atoms with E-state index in [2.05, 4.69) is 0 Å². The van der Waals surface area contributed by atoms with Crippen LogP contribution >= 0.6 is 0 Å². The summed E-state index contributed by atoms with van der Waals surface area (Å²) in [7, 11) is 1.66. The van der Waals surface area contributed by atoms with Crippen molar-refractivity contribution in [2.24, 2.45) is 0 Å². The molecule has 0 radical (unpaired) electrons. The third-order valence-corrected chi connectivity index (χ3v) is 3.62. The molecule has 6 heteroatoms. The highest BCUT2D eigenvalue weighted by atomic mass is 16.7. The van der Waals surface area contributed by atoms with Gasteiger partial charge in [0.15, 0.2) is 6.29 Å². The van der Waals surface area contributed by atoms with E-state index in [1.54, 1.807) is 7.11 Å². The van der Waals surface area contributed by atoms with Crippen molar-refractivity contribution in [3.05, 3.63) is 0 Å². The van der Waals surface area contributed by atoms with Gasteiger partial charge in [0.1, 0.15) is 24.4 Å². The first-order chi connectivity index (χ1) is 11.6. The summed E-state index contributed by atoms with van der Waals surface area (Å²) in [6.07, 6.45) is -1.69. The molecule has 1 rings (SSSR count). The van der Waals surface area contributed by atoms with Crippen molar-refractivity contribution >= 4 is 0 Å². The molecule has 0 aromatic heterocycles. The first kappa shape index (κ1) is 22.8. The SMILES string of the molecule is COCC1O[C@H](OC(C)C)C(OC(C)C)[C@@H](OC(C)C)[C@@H]1OC(C)C. The summed E-state index contributed by atoms with van der Waals surface area (Å²) in [5, 5.41) is 0. The van der Waals surface area contributed by atoms with Gasteiger partial charge in [-0.2, -0.15) is 0 Å². The van der Waals surface area contributed by atoms with Crippen LogP contribution in [0.15, 0.2) is 0 Å². The molecule has 2 unspecified atom stereocenters. The molecule has 150 valence electrons. The van der Waals surface area contributed by atoms with E-state index in [-0.39, 0.29) is 48.8 Å². The molecular weight excluding hydrogens is 324 g/mol. The van der Waals surface area contributed by atoms with E-state index in [9.17, 15) is 0 Å². The number of ether oxygens (including phenoxy) is 6. The highest BCUT2D eigenvalue weighted by molar-refractivity contribution is 4.94. The van der Waals surface area contributed by atoms with Gasteiger partial charge in [-0.05, 0) is 55.4 Å². The van der Waals surface area contributed by atoms with Crippen molar-refractivity contribution in [2.75, 3.05) is 13.7 Å². The van der Waals surface area contributed by atoms with Crippen molar-refractivity contribution in [2.45, 2.75) is 111 Å². The predicted molar refractivity (Wildman–Crippen MR) is 96.8 cm³/mol. The normalized spacial score (nSPS) is 30.8. The average molecular weight is 363 g/mol. The first-order valence-electron chi connectivity index (χ1n) is 9.41. The van der Waals surface area contributed by atoms with Gasteiger partial charge in [-0.15, -0.1) is 0 Å². The molecule has 5 atom stereocenters. The van der Waals surface area contributed by atoms with Crippen LogP contribution in [-0.4, -0.2) is 68.8 Å². The van der Waals surface area contributed by atoms with Gasteiger partial charge in [-0.25, -0.2) is 0 Å². The van der Waals surface area contributed by atoms with Gasteiger partial charge < -0.3 is 28.4 Å². The van der Waals surface area contributed by atoms with Crippen molar-refractivity contribution in [3.8, 4) is 0 Å². The third kappa shape index (κ3) is 7.49. The van der Waals surface area contributed by atoms with Gasteiger partial charge in [-0.1, -0.05) is 0 Å². The van der Waals surface area contributed by atoms with Crippen molar-refractivity contribution in [1.82, 2.24) is 0 Å². The van der Waals surface area contributed by atoms with Crippen LogP contribution in [0.5, 0.6) is 0 Å². The molecule has 0 bridgehead atoms. The van der Waals surface area contributed by atoms with Crippen LogP contribution in [0.2, 0.25) is 0 Å². The number of rotatable bonds is 10. The van der Waals surface area contributed by atoms with E-state index in [1.807, 2.05) is 55.4 Å². The highest BCUT2D eigenvalue weighted by Crippen LogP contribution is 2.31. The number of methoxy groups -OCH3 is 1. The Hall–Kier alpha value is -0.240. The Labute approximate surface area is 153 Å². The fourth-order valence-electron chi connectivity index (χ4n) is 2.96. The van der Waals surface area contributed by atoms with Crippen LogP contribution in [0.1, 0.15) is 55.4 Å². The molecule has 1 saturated heterocycles. The molecule has 6 nitrogen and oxygen atoms in total. The number of hydrogen-bond donors (Lipinski definition) is 0. The Morgan fingerprint density at radius 3 is 1.52 bits per heavy atom. The second-order valence-corrected chi connectivity index (χ2v) is 7.63. The maximum absolute atomic E-state index is 6.24. The Morgan fingerprint density at radius 1 is 0.640 bits per heavy atom. The van der Waals surface area contributed by atoms with Gasteiger partial charge in [0.05, 0.1) is 31.0 Å². The van der Waals surface area contributed by atoms with Gasteiger partial charge >= 0.3 is 0 Å². The first-order valence-corrected chi connectivity index (χ1v) is 9.41. The summed E-state index contributed by atoms with van der Waals surface area (Å²) in [4.78, 5) is 0. The van der Waals surface area contributed by atoms with Crippen molar-refractivity contribution in [1.29, 1.82) is 0 Å². The van der Waals surface area contributed by atoms with Crippen LogP contribution in [-0.2, 0) is 28.4 Å². The summed E-state index contributed by atoms with van der Waals surface area (Å²) in [5.41, 5.74) is 0. The Balaban J connectivity index is 3.17. The lowest BCUT2D eigenvalue weighted by molar-refractivity contribution is -0.339. The lowest BCUT2D eigenvalue weighted by atomic mass is 9.97. The lowest BCUT2D eigenvalue weighted by Gasteiger charge is -2.47. The molecule has 0 spiro atoms. The van der Waals surface area contributed by atoms with Gasteiger partial charge in [0.2, 0.25) is 0 Å². The number of hydrogen-bond acceptors (Lipinski definition) is 6. The average Bonchev–Trinajstić information content (AvgIpc) is 2.45. The summed E-state index contributed by atoms with van der Waals surface area (Å²) < 4.78 is 36.1. The third-order valence-electron chi connectivity index (χ3n) is 3.62. The molecule has 1 aliphatic heterocycles. The van der Waals surface area contributed by atoms with Crippen LogP contribution in [0.25, 0.3) is 0 Å². The molecule has 1 heterocycles. The zero-order valence-corrected chi connectivity index (χ0v) is 17.4. The van der Waals surface area contributed by atoms with E-state index in [0.29, 0.717) is 6.61 Å². The van der Waals surface area contributed by atoms with E-state index in [0.717, 1.165) is 0 Å². The molecule has 1 fully saturated rings. The maximum Gasteiger partial charge on any atom is 0.187 e. The molecule has 0 aromatic rings. The fraction of sp³-hybridized carbons (Fsp3) is 1.00. The van der Waals surface area contributed by atoms with E-state index in [1.165, 1.54) is 0 Å². The van der Waals surface area contributed by atoms with E-state index < -0.39 is 6.29 Å². The summed E-state index contributed by atoms with van der Waals surface area (Å²) in [5.74, 6) is 0. The van der Waals surface area contributed by atoms with Crippen molar-refractivity contribution < 1.29 is 28.4 Å². The van der Waals surface area contributed by atoms with E-state index in [4.69, 9.17) is 28.4 Å². The van der Waals surface area contributed by atoms with Crippen LogP contribution in [0.3, 0.4) is 0 Å². The molecule has 1 aliphatic rings. The Kier molecular flexibility index (Phi) is 9.85. The molecule has 0 aliphatic carbocycles. The predicted octanol–water partition coefficient (Wildman–Crippen LogP) is 3.16. The van der Waals surface area contributed by atoms with Crippen molar-refractivity contribution in [3.63, 3.8) is 0 Å². The molecule has 0 amide bonds. The standard InChI is InChI=1S/C19H38O6/c1-11(2)21-16-15(10-20-9)25-19(24-14(7)8)18(23-13(5)6)17(16)22-12(3)4/h11-19H,10H2,1-9H3/t15?,16-,17+,18?,19+/m1/s1. The lowest BCUT2D eigenvalue weighted by Crippen LogP contribution is -2.63. The molecule has 0 N–H and O–H groups in total. The molecule has 0 saturated carbocycles. The zero-order valence-electron chi connectivity index (χ0n) is 17.4. The largest absolute Gasteiger partial charge is 0.382 e. The van der Waals surface area contributed by atoms with Gasteiger partial charge in [0.25, 0.3) is 0 Å². The van der Waals surface area contributed by atoms with Crippen LogP contribution in [0.4, 0.5) is 0 Å². The minimum absolute atomic E-state index is 0.00808. The molecular formula is C19H38O6. The second-order valence-electron chi connectivity index (χ2n) is 7.63. The summed E-state index contributed by atoms with van der Waals surface area (Å²) in [6, 6.07) is 0. The molecule has 25 heavy (non-hydrogen) atoms. The molecule has 0 aromatic carbocycles. The fourth-order valence-corrected chi connectivity index (χ4v) is 2.96. The zero-order chi connectivity index (χ0) is 19.1. The maximum atomic E-state index is 6.24. The Bertz CT molecular complexity index is 358. The summed E-state index contributed by atoms with van der Waals surface area (Å²) in [6.45, 7) is 16.4. The summed E-state index contributed by atoms with van der Waals surface area (Å²) >= 11 is 0. The minimum Gasteiger partial charge on any atom is -0.382 e. The Morgan fingerprint density at radius 2 is 1.08 bits per heavy atom. The topological polar surface area (TPSA) is 55.4 Å². The van der Waals surface area contributed by atoms with Gasteiger partial charge in [0, 0.05) is 7.11 Å². The smallest absolute Gasteiger partial charge is 0.187 e. The van der Waals surface area contributed by atoms with E-state index >= 15 is 0 Å². The van der Waals surface area contributed by atoms with Crippen LogP contribution in [0, 0.1) is 0 Å². The minimum atomic E-state index is -0.529. The highest BCUT2D eigenvalue weighted by Gasteiger charge is 2.50. The van der Waals surface area contributed by atoms with Crippen LogP contribution < -0.4 is 0 Å². The monoisotopic (exact) mass is 362 g/mol. The quantitative estimate of drug-likeness (QED) is 0.595. The van der Waals surface area contributed by atoms with Gasteiger partial charge in [-0.3, -0.25) is 0 Å².